The van der Waals surface area contributed by atoms with Crippen LogP contribution in [-0.4, -0.2) is 35.0 Å². The molecule has 0 unspecified atom stereocenters. The predicted molar refractivity (Wildman–Crippen MR) is 76.3 cm³/mol. The van der Waals surface area contributed by atoms with Gasteiger partial charge in [0.15, 0.2) is 0 Å². The molecule has 0 aliphatic carbocycles. The number of thiophene rings is 1. The monoisotopic (exact) mass is 283 g/mol. The molecule has 1 amide bonds. The van der Waals surface area contributed by atoms with E-state index in [0.717, 1.165) is 6.42 Å². The van der Waals surface area contributed by atoms with E-state index in [1.54, 1.807) is 16.2 Å². The van der Waals surface area contributed by atoms with E-state index in [4.69, 9.17) is 5.11 Å². The molecule has 0 radical (unpaired) electrons. The molecule has 0 aliphatic heterocycles. The number of amides is 1. The van der Waals surface area contributed by atoms with E-state index in [1.807, 2.05) is 30.7 Å². The molecular formula is C14H21NO3S. The van der Waals surface area contributed by atoms with Crippen molar-refractivity contribution in [3.63, 3.8) is 0 Å². The van der Waals surface area contributed by atoms with Crippen LogP contribution in [0.3, 0.4) is 0 Å². The zero-order valence-electron chi connectivity index (χ0n) is 11.5. The minimum Gasteiger partial charge on any atom is -0.481 e. The van der Waals surface area contributed by atoms with Crippen LogP contribution in [-0.2, 0) is 16.0 Å². The summed E-state index contributed by atoms with van der Waals surface area (Å²) in [5, 5.41) is 12.8. The topological polar surface area (TPSA) is 57.6 Å². The quantitative estimate of drug-likeness (QED) is 0.798. The van der Waals surface area contributed by atoms with Gasteiger partial charge in [-0.2, -0.15) is 11.3 Å². The Balaban J connectivity index is 2.47. The Hall–Kier alpha value is -1.36. The molecule has 0 saturated carbocycles. The minimum atomic E-state index is -0.862. The molecule has 19 heavy (non-hydrogen) atoms. The fourth-order valence-corrected chi connectivity index (χ4v) is 2.54. The molecule has 1 rings (SSSR count). The van der Waals surface area contributed by atoms with Gasteiger partial charge in [-0.3, -0.25) is 9.59 Å². The van der Waals surface area contributed by atoms with Crippen LogP contribution < -0.4 is 0 Å². The molecule has 0 fully saturated rings. The van der Waals surface area contributed by atoms with Crippen LogP contribution in [0.15, 0.2) is 16.8 Å². The number of carboxylic acid groups (broad SMARTS) is 1. The number of carbonyl (C=O) groups excluding carboxylic acids is 1. The minimum absolute atomic E-state index is 0.0108. The van der Waals surface area contributed by atoms with E-state index < -0.39 is 5.97 Å². The first-order valence-electron chi connectivity index (χ1n) is 6.49. The summed E-state index contributed by atoms with van der Waals surface area (Å²) in [4.78, 5) is 24.4. The number of carboxylic acids is 1. The molecule has 0 bridgehead atoms. The van der Waals surface area contributed by atoms with Crippen molar-refractivity contribution in [3.8, 4) is 0 Å². The molecule has 1 heterocycles. The van der Waals surface area contributed by atoms with Crippen LogP contribution >= 0.6 is 11.3 Å². The van der Waals surface area contributed by atoms with Crippen molar-refractivity contribution >= 4 is 23.2 Å². The maximum atomic E-state index is 12.1. The first-order valence-corrected chi connectivity index (χ1v) is 7.44. The maximum absolute atomic E-state index is 12.1. The number of hydrogen-bond acceptors (Lipinski definition) is 3. The summed E-state index contributed by atoms with van der Waals surface area (Å²) >= 11 is 1.62. The Kier molecular flexibility index (Phi) is 6.56. The van der Waals surface area contributed by atoms with Gasteiger partial charge in [0, 0.05) is 19.5 Å². The lowest BCUT2D eigenvalue weighted by Crippen LogP contribution is -2.36. The molecule has 0 spiro atoms. The molecule has 1 aromatic rings. The van der Waals surface area contributed by atoms with Crippen LogP contribution in [0, 0.1) is 5.92 Å². The van der Waals surface area contributed by atoms with Gasteiger partial charge in [-0.05, 0) is 34.7 Å². The first-order chi connectivity index (χ1) is 8.99. The first kappa shape index (κ1) is 15.7. The van der Waals surface area contributed by atoms with Gasteiger partial charge in [0.25, 0.3) is 0 Å². The van der Waals surface area contributed by atoms with Crippen molar-refractivity contribution in [3.05, 3.63) is 22.4 Å². The fraction of sp³-hybridized carbons (Fsp3) is 0.571. The zero-order valence-corrected chi connectivity index (χ0v) is 12.3. The summed E-state index contributed by atoms with van der Waals surface area (Å²) in [5.41, 5.74) is 1.17. The maximum Gasteiger partial charge on any atom is 0.305 e. The van der Waals surface area contributed by atoms with Crippen molar-refractivity contribution in [2.24, 2.45) is 5.92 Å². The molecule has 0 aromatic carbocycles. The van der Waals surface area contributed by atoms with Crippen molar-refractivity contribution in [1.29, 1.82) is 0 Å². The van der Waals surface area contributed by atoms with E-state index >= 15 is 0 Å². The average Bonchev–Trinajstić information content (AvgIpc) is 2.83. The number of carbonyl (C=O) groups is 2. The Labute approximate surface area is 118 Å². The highest BCUT2D eigenvalue weighted by Crippen LogP contribution is 2.10. The second-order valence-corrected chi connectivity index (χ2v) is 5.79. The Morgan fingerprint density at radius 2 is 2.11 bits per heavy atom. The largest absolute Gasteiger partial charge is 0.481 e. The summed E-state index contributed by atoms with van der Waals surface area (Å²) < 4.78 is 0. The van der Waals surface area contributed by atoms with E-state index in [-0.39, 0.29) is 12.3 Å². The SMILES string of the molecule is CC(C)CN(CCC(=O)O)C(=O)CCc1ccsc1. The van der Waals surface area contributed by atoms with Gasteiger partial charge in [0.2, 0.25) is 5.91 Å². The van der Waals surface area contributed by atoms with Gasteiger partial charge < -0.3 is 10.0 Å². The highest BCUT2D eigenvalue weighted by Gasteiger charge is 2.16. The van der Waals surface area contributed by atoms with Gasteiger partial charge in [-0.15, -0.1) is 0 Å². The summed E-state index contributed by atoms with van der Waals surface area (Å²) in [6, 6.07) is 2.02. The van der Waals surface area contributed by atoms with Crippen LogP contribution in [0.25, 0.3) is 0 Å². The van der Waals surface area contributed by atoms with E-state index in [9.17, 15) is 9.59 Å². The fourth-order valence-electron chi connectivity index (χ4n) is 1.83. The van der Waals surface area contributed by atoms with Crippen LogP contribution in [0.5, 0.6) is 0 Å². The normalized spacial score (nSPS) is 10.7. The summed E-state index contributed by atoms with van der Waals surface area (Å²) in [5.74, 6) is -0.473. The smallest absolute Gasteiger partial charge is 0.305 e. The van der Waals surface area contributed by atoms with Crippen LogP contribution in [0.4, 0.5) is 0 Å². The lowest BCUT2D eigenvalue weighted by atomic mass is 10.1. The molecule has 1 N–H and O–H groups in total. The molecule has 1 aromatic heterocycles. The molecule has 0 atom stereocenters. The lowest BCUT2D eigenvalue weighted by Gasteiger charge is -2.24. The lowest BCUT2D eigenvalue weighted by molar-refractivity contribution is -0.138. The highest BCUT2D eigenvalue weighted by atomic mass is 32.1. The molecule has 0 aliphatic rings. The van der Waals surface area contributed by atoms with Crippen molar-refractivity contribution in [2.75, 3.05) is 13.1 Å². The number of aliphatic carboxylic acids is 1. The number of rotatable bonds is 8. The van der Waals surface area contributed by atoms with Gasteiger partial charge in [0.05, 0.1) is 6.42 Å². The third-order valence-corrected chi connectivity index (χ3v) is 3.47. The molecule has 106 valence electrons. The van der Waals surface area contributed by atoms with Gasteiger partial charge >= 0.3 is 5.97 Å². The van der Waals surface area contributed by atoms with Crippen molar-refractivity contribution in [1.82, 2.24) is 4.90 Å². The molecule has 5 heteroatoms. The second-order valence-electron chi connectivity index (χ2n) is 5.01. The van der Waals surface area contributed by atoms with Crippen LogP contribution in [0.1, 0.15) is 32.3 Å². The third kappa shape index (κ3) is 6.38. The van der Waals surface area contributed by atoms with Crippen molar-refractivity contribution in [2.45, 2.75) is 33.1 Å². The van der Waals surface area contributed by atoms with Crippen molar-refractivity contribution < 1.29 is 14.7 Å². The van der Waals surface area contributed by atoms with E-state index in [2.05, 4.69) is 0 Å². The number of hydrogen-bond donors (Lipinski definition) is 1. The van der Waals surface area contributed by atoms with Crippen LogP contribution in [0.2, 0.25) is 0 Å². The summed E-state index contributed by atoms with van der Waals surface area (Å²) in [7, 11) is 0. The van der Waals surface area contributed by atoms with Gasteiger partial charge in [0.1, 0.15) is 0 Å². The second kappa shape index (κ2) is 7.94. The summed E-state index contributed by atoms with van der Waals surface area (Å²) in [6.45, 7) is 4.98. The van der Waals surface area contributed by atoms with Gasteiger partial charge in [-0.1, -0.05) is 13.8 Å². The molecular weight excluding hydrogens is 262 g/mol. The molecule has 0 saturated heterocycles. The zero-order chi connectivity index (χ0) is 14.3. The van der Waals surface area contributed by atoms with E-state index in [1.165, 1.54) is 5.56 Å². The Morgan fingerprint density at radius 1 is 1.37 bits per heavy atom. The molecule has 4 nitrogen and oxygen atoms in total. The number of nitrogens with zero attached hydrogens (tertiary/aromatic N) is 1. The predicted octanol–water partition coefficient (Wildman–Crippen LogP) is 2.64. The standard InChI is InChI=1S/C14H21NO3S/c1-11(2)9-15(7-5-14(17)18)13(16)4-3-12-6-8-19-10-12/h6,8,10-11H,3-5,7,9H2,1-2H3,(H,17,18). The Morgan fingerprint density at radius 3 is 2.63 bits per heavy atom. The summed E-state index contributed by atoms with van der Waals surface area (Å²) in [6.07, 6.45) is 1.18. The number of aryl methyl sites for hydroxylation is 1. The highest BCUT2D eigenvalue weighted by molar-refractivity contribution is 7.07. The van der Waals surface area contributed by atoms with Gasteiger partial charge in [-0.25, -0.2) is 0 Å². The Bertz CT molecular complexity index is 401. The van der Waals surface area contributed by atoms with E-state index in [0.29, 0.717) is 25.4 Å². The average molecular weight is 283 g/mol. The third-order valence-electron chi connectivity index (χ3n) is 2.74.